The van der Waals surface area contributed by atoms with Gasteiger partial charge in [0, 0.05) is 0 Å². The summed E-state index contributed by atoms with van der Waals surface area (Å²) in [6.07, 6.45) is 16.8. The van der Waals surface area contributed by atoms with E-state index in [1.165, 1.54) is 75.3 Å². The molecule has 0 N–H and O–H groups in total. The Kier molecular flexibility index (Phi) is 17.0. The zero-order chi connectivity index (χ0) is 43.5. The predicted molar refractivity (Wildman–Crippen MR) is 244 cm³/mol. The minimum Gasteiger partial charge on any atom is -0.423 e. The van der Waals surface area contributed by atoms with Gasteiger partial charge in [0.05, 0.1) is 22.3 Å². The fourth-order valence-corrected chi connectivity index (χ4v) is 7.15. The number of unbranched alkanes of at least 4 members (excludes halogenated alkanes) is 10. The molecule has 0 atom stereocenters. The van der Waals surface area contributed by atoms with Crippen molar-refractivity contribution in [3.8, 4) is 23.0 Å². The topological polar surface area (TPSA) is 105 Å². The summed E-state index contributed by atoms with van der Waals surface area (Å²) >= 11 is 0. The number of ether oxygens (including phenoxy) is 4. The number of rotatable bonds is 22. The van der Waals surface area contributed by atoms with Crippen molar-refractivity contribution in [1.29, 1.82) is 0 Å². The molecule has 6 aromatic rings. The molecule has 0 aliphatic heterocycles. The van der Waals surface area contributed by atoms with E-state index in [2.05, 4.69) is 13.8 Å². The second-order valence-corrected chi connectivity index (χ2v) is 15.7. The van der Waals surface area contributed by atoms with Gasteiger partial charge in [0.25, 0.3) is 0 Å². The maximum Gasteiger partial charge on any atom is 0.343 e. The number of fused-ring (bicyclic) bond motifs is 1. The molecule has 0 aliphatic rings. The molecule has 0 saturated carbocycles. The number of benzene rings is 6. The highest BCUT2D eigenvalue weighted by Gasteiger charge is 2.15. The molecule has 0 heterocycles. The van der Waals surface area contributed by atoms with E-state index < -0.39 is 23.9 Å². The van der Waals surface area contributed by atoms with Crippen LogP contribution in [0.1, 0.15) is 143 Å². The minimum absolute atomic E-state index is 0.278. The Bertz CT molecular complexity index is 2210. The summed E-state index contributed by atoms with van der Waals surface area (Å²) in [5, 5.41) is 1.54. The Hall–Kier alpha value is -6.54. The summed E-state index contributed by atoms with van der Waals surface area (Å²) in [6, 6.07) is 37.8. The van der Waals surface area contributed by atoms with Gasteiger partial charge in [-0.05, 0) is 145 Å². The van der Waals surface area contributed by atoms with Gasteiger partial charge in [0.2, 0.25) is 0 Å². The lowest BCUT2D eigenvalue weighted by Gasteiger charge is -2.09. The van der Waals surface area contributed by atoms with Crippen molar-refractivity contribution in [2.24, 2.45) is 0 Å². The highest BCUT2D eigenvalue weighted by molar-refractivity contribution is 5.95. The largest absolute Gasteiger partial charge is 0.423 e. The van der Waals surface area contributed by atoms with Gasteiger partial charge in [-0.3, -0.25) is 0 Å². The van der Waals surface area contributed by atoms with Crippen molar-refractivity contribution in [1.82, 2.24) is 0 Å². The predicted octanol–water partition coefficient (Wildman–Crippen LogP) is 13.5. The van der Waals surface area contributed by atoms with Gasteiger partial charge in [0.15, 0.2) is 0 Å². The molecule has 0 fully saturated rings. The van der Waals surface area contributed by atoms with E-state index in [-0.39, 0.29) is 11.1 Å². The fraction of sp³-hybridized carbons (Fsp3) is 0.296. The summed E-state index contributed by atoms with van der Waals surface area (Å²) < 4.78 is 22.4. The van der Waals surface area contributed by atoms with Crippen LogP contribution in [0.4, 0.5) is 0 Å². The van der Waals surface area contributed by atoms with E-state index in [0.717, 1.165) is 31.1 Å². The lowest BCUT2D eigenvalue weighted by Crippen LogP contribution is -2.10. The smallest absolute Gasteiger partial charge is 0.343 e. The second kappa shape index (κ2) is 23.5. The van der Waals surface area contributed by atoms with Crippen molar-refractivity contribution in [2.45, 2.75) is 104 Å². The summed E-state index contributed by atoms with van der Waals surface area (Å²) in [4.78, 5) is 51.7. The molecule has 0 saturated heterocycles. The van der Waals surface area contributed by atoms with Gasteiger partial charge in [-0.2, -0.15) is 0 Å². The van der Waals surface area contributed by atoms with E-state index in [0.29, 0.717) is 39.5 Å². The third kappa shape index (κ3) is 13.7. The Balaban J connectivity index is 0.961. The Labute approximate surface area is 365 Å². The molecule has 8 nitrogen and oxygen atoms in total. The fourth-order valence-electron chi connectivity index (χ4n) is 7.15. The lowest BCUT2D eigenvalue weighted by molar-refractivity contribution is 0.0720. The van der Waals surface area contributed by atoms with E-state index in [1.54, 1.807) is 109 Å². The molecule has 6 rings (SSSR count). The Morgan fingerprint density at radius 3 is 0.968 bits per heavy atom. The first kappa shape index (κ1) is 45.0. The van der Waals surface area contributed by atoms with E-state index in [4.69, 9.17) is 18.9 Å². The third-order valence-corrected chi connectivity index (χ3v) is 10.8. The molecule has 0 spiro atoms. The van der Waals surface area contributed by atoms with Crippen molar-refractivity contribution in [3.63, 3.8) is 0 Å². The summed E-state index contributed by atoms with van der Waals surface area (Å²) in [5.41, 5.74) is 3.87. The van der Waals surface area contributed by atoms with Crippen LogP contribution in [0.25, 0.3) is 10.8 Å². The summed E-state index contributed by atoms with van der Waals surface area (Å²) in [7, 11) is 0. The zero-order valence-electron chi connectivity index (χ0n) is 35.9. The van der Waals surface area contributed by atoms with Crippen LogP contribution in [0.3, 0.4) is 0 Å². The first-order chi connectivity index (χ1) is 30.3. The highest BCUT2D eigenvalue weighted by atomic mass is 16.5. The molecule has 0 aromatic heterocycles. The van der Waals surface area contributed by atoms with Crippen LogP contribution in [0, 0.1) is 0 Å². The number of carbonyl (C=O) groups excluding carboxylic acids is 4. The normalized spacial score (nSPS) is 10.9. The van der Waals surface area contributed by atoms with E-state index >= 15 is 0 Å². The molecule has 0 unspecified atom stereocenters. The van der Waals surface area contributed by atoms with E-state index in [9.17, 15) is 19.2 Å². The number of aryl methyl sites for hydroxylation is 2. The highest BCUT2D eigenvalue weighted by Crippen LogP contribution is 2.27. The van der Waals surface area contributed by atoms with Crippen LogP contribution in [0.15, 0.2) is 133 Å². The lowest BCUT2D eigenvalue weighted by atomic mass is 10.0. The molecular weight excluding hydrogens is 777 g/mol. The van der Waals surface area contributed by atoms with Gasteiger partial charge < -0.3 is 18.9 Å². The quantitative estimate of drug-likeness (QED) is 0.0378. The number of hydrogen-bond acceptors (Lipinski definition) is 8. The molecule has 0 aliphatic carbocycles. The average molecular weight is 833 g/mol. The van der Waals surface area contributed by atoms with Crippen LogP contribution < -0.4 is 18.9 Å². The van der Waals surface area contributed by atoms with Crippen LogP contribution >= 0.6 is 0 Å². The maximum atomic E-state index is 13.1. The van der Waals surface area contributed by atoms with E-state index in [1.807, 2.05) is 24.3 Å². The minimum atomic E-state index is -0.586. The molecule has 0 radical (unpaired) electrons. The van der Waals surface area contributed by atoms with Gasteiger partial charge in [-0.1, -0.05) is 114 Å². The molecule has 0 bridgehead atoms. The molecular formula is C54H56O8. The van der Waals surface area contributed by atoms with Crippen LogP contribution in [0.5, 0.6) is 23.0 Å². The van der Waals surface area contributed by atoms with Crippen LogP contribution in [0.2, 0.25) is 0 Å². The first-order valence-electron chi connectivity index (χ1n) is 22.1. The van der Waals surface area contributed by atoms with Crippen molar-refractivity contribution < 1.29 is 38.1 Å². The average Bonchev–Trinajstić information content (AvgIpc) is 3.29. The standard InChI is InChI=1S/C54H56O8/c1-3-5-7-9-11-13-15-39-17-21-42(22-18-39)51(55)59-47-31-27-44(28-32-47)53(57)61-49-35-25-41-26-36-50(38-46(41)37-49)62-54(58)45-29-33-48(34-30-45)60-52(56)43-23-19-40(20-24-43)16-14-12-10-8-6-4-2/h17-38H,3-16H2,1-2H3. The number of hydrogen-bond donors (Lipinski definition) is 0. The second-order valence-electron chi connectivity index (χ2n) is 15.7. The molecule has 0 amide bonds. The molecule has 6 aromatic carbocycles. The van der Waals surface area contributed by atoms with Crippen LogP contribution in [-0.2, 0) is 12.8 Å². The summed E-state index contributed by atoms with van der Waals surface area (Å²) in [6.45, 7) is 4.44. The summed E-state index contributed by atoms with van der Waals surface area (Å²) in [5.74, 6) is -0.896. The third-order valence-electron chi connectivity index (χ3n) is 10.8. The van der Waals surface area contributed by atoms with Gasteiger partial charge in [-0.15, -0.1) is 0 Å². The Morgan fingerprint density at radius 1 is 0.323 bits per heavy atom. The SMILES string of the molecule is CCCCCCCCc1ccc(C(=O)Oc2ccc(C(=O)Oc3ccc4ccc(OC(=O)c5ccc(OC(=O)c6ccc(CCCCCCCC)cc6)cc5)cc4c3)cc2)cc1. The van der Waals surface area contributed by atoms with Crippen molar-refractivity contribution >= 4 is 34.6 Å². The number of esters is 4. The Morgan fingerprint density at radius 2 is 0.613 bits per heavy atom. The zero-order valence-corrected chi connectivity index (χ0v) is 35.9. The van der Waals surface area contributed by atoms with Gasteiger partial charge >= 0.3 is 23.9 Å². The molecule has 62 heavy (non-hydrogen) atoms. The maximum absolute atomic E-state index is 13.1. The van der Waals surface area contributed by atoms with Gasteiger partial charge in [-0.25, -0.2) is 19.2 Å². The molecule has 8 heteroatoms. The monoisotopic (exact) mass is 832 g/mol. The number of carbonyl (C=O) groups is 4. The van der Waals surface area contributed by atoms with Crippen LogP contribution in [-0.4, -0.2) is 23.9 Å². The first-order valence-corrected chi connectivity index (χ1v) is 22.1. The molecule has 320 valence electrons. The van der Waals surface area contributed by atoms with Gasteiger partial charge in [0.1, 0.15) is 23.0 Å². The van der Waals surface area contributed by atoms with Crippen molar-refractivity contribution in [3.05, 3.63) is 167 Å². The van der Waals surface area contributed by atoms with Crippen molar-refractivity contribution in [2.75, 3.05) is 0 Å².